The highest BCUT2D eigenvalue weighted by molar-refractivity contribution is 7.19. The first kappa shape index (κ1) is 16.3. The summed E-state index contributed by atoms with van der Waals surface area (Å²) in [5, 5.41) is 12.0. The predicted molar refractivity (Wildman–Crippen MR) is 96.9 cm³/mol. The van der Waals surface area contributed by atoms with E-state index in [-0.39, 0.29) is 6.42 Å². The molecule has 5 nitrogen and oxygen atoms in total. The van der Waals surface area contributed by atoms with Crippen LogP contribution in [0.5, 0.6) is 0 Å². The number of carboxylic acids is 1. The van der Waals surface area contributed by atoms with Gasteiger partial charge in [0.1, 0.15) is 0 Å². The molecule has 0 atom stereocenters. The number of thiazole rings is 1. The summed E-state index contributed by atoms with van der Waals surface area (Å²) in [6, 6.07) is 9.25. The van der Waals surface area contributed by atoms with Gasteiger partial charge in [0.05, 0.1) is 30.1 Å². The van der Waals surface area contributed by atoms with Crippen LogP contribution in [0.15, 0.2) is 34.7 Å². The van der Waals surface area contributed by atoms with Crippen molar-refractivity contribution >= 4 is 50.5 Å². The van der Waals surface area contributed by atoms with Crippen LogP contribution in [-0.4, -0.2) is 15.9 Å². The average molecular weight is 390 g/mol. The highest BCUT2D eigenvalue weighted by atomic mass is 35.5. The number of aromatic nitrogens is 2. The Morgan fingerprint density at radius 1 is 1.24 bits per heavy atom. The van der Waals surface area contributed by atoms with E-state index in [1.54, 1.807) is 23.5 Å². The largest absolute Gasteiger partial charge is 0.550 e. The lowest BCUT2D eigenvalue weighted by atomic mass is 10.2. The molecule has 8 heteroatoms. The van der Waals surface area contributed by atoms with Crippen LogP contribution in [0.25, 0.3) is 32.3 Å². The molecule has 0 aliphatic rings. The Morgan fingerprint density at radius 3 is 2.80 bits per heavy atom. The van der Waals surface area contributed by atoms with E-state index in [4.69, 9.17) is 16.0 Å². The first-order chi connectivity index (χ1) is 12.0. The van der Waals surface area contributed by atoms with Crippen LogP contribution >= 0.6 is 34.3 Å². The van der Waals surface area contributed by atoms with E-state index in [1.807, 2.05) is 25.1 Å². The fourth-order valence-corrected chi connectivity index (χ4v) is 4.39. The lowest BCUT2D eigenvalue weighted by molar-refractivity contribution is -0.304. The number of halogens is 1. The number of aryl methyl sites for hydroxylation is 1. The molecule has 0 amide bonds. The molecule has 25 heavy (non-hydrogen) atoms. The van der Waals surface area contributed by atoms with Crippen LogP contribution in [0, 0.1) is 6.92 Å². The predicted octanol–water partition coefficient (Wildman–Crippen LogP) is 3.93. The van der Waals surface area contributed by atoms with Crippen molar-refractivity contribution in [2.75, 3.05) is 0 Å². The second kappa shape index (κ2) is 6.25. The number of hydrogen-bond acceptors (Lipinski definition) is 7. The molecule has 0 aliphatic heterocycles. The molecule has 4 aromatic rings. The lowest BCUT2D eigenvalue weighted by Crippen LogP contribution is -2.24. The number of benzene rings is 1. The summed E-state index contributed by atoms with van der Waals surface area (Å²) in [4.78, 5) is 20.6. The van der Waals surface area contributed by atoms with Crippen molar-refractivity contribution in [3.05, 3.63) is 45.4 Å². The third-order valence-electron chi connectivity index (χ3n) is 3.55. The smallest absolute Gasteiger partial charge is 0.227 e. The molecule has 0 saturated heterocycles. The van der Waals surface area contributed by atoms with Crippen LogP contribution in [0.1, 0.15) is 10.7 Å². The number of fused-ring (bicyclic) bond motifs is 1. The third-order valence-corrected chi connectivity index (χ3v) is 5.73. The fraction of sp³-hybridized carbons (Fsp3) is 0.118. The quantitative estimate of drug-likeness (QED) is 0.528. The monoisotopic (exact) mass is 389 g/mol. The molecule has 0 aliphatic carbocycles. The Kier molecular flexibility index (Phi) is 4.07. The highest BCUT2D eigenvalue weighted by Gasteiger charge is 2.18. The Labute approximate surface area is 155 Å². The minimum atomic E-state index is -1.21. The van der Waals surface area contributed by atoms with Gasteiger partial charge in [0.2, 0.25) is 5.89 Å². The fourth-order valence-electron chi connectivity index (χ4n) is 2.54. The van der Waals surface area contributed by atoms with Gasteiger partial charge in [0.15, 0.2) is 5.76 Å². The van der Waals surface area contributed by atoms with Crippen LogP contribution in [0.3, 0.4) is 0 Å². The molecular weight excluding hydrogens is 380 g/mol. The van der Waals surface area contributed by atoms with E-state index in [9.17, 15) is 9.90 Å². The van der Waals surface area contributed by atoms with E-state index in [2.05, 4.69) is 9.97 Å². The molecule has 0 fully saturated rings. The number of carbonyl (C=O) groups is 1. The first-order valence-corrected chi connectivity index (χ1v) is 9.33. The van der Waals surface area contributed by atoms with Crippen molar-refractivity contribution in [1.29, 1.82) is 0 Å². The summed E-state index contributed by atoms with van der Waals surface area (Å²) >= 11 is 8.90. The molecule has 0 bridgehead atoms. The summed E-state index contributed by atoms with van der Waals surface area (Å²) in [7, 11) is 0. The van der Waals surface area contributed by atoms with Crippen molar-refractivity contribution in [2.45, 2.75) is 13.3 Å². The number of carboxylic acid groups (broad SMARTS) is 1. The van der Waals surface area contributed by atoms with Gasteiger partial charge in [-0.25, -0.2) is 9.97 Å². The van der Waals surface area contributed by atoms with Crippen molar-refractivity contribution in [1.82, 2.24) is 9.97 Å². The number of thiophene rings is 1. The number of hydrogen-bond donors (Lipinski definition) is 0. The van der Waals surface area contributed by atoms with E-state index < -0.39 is 5.97 Å². The van der Waals surface area contributed by atoms with Crippen molar-refractivity contribution in [2.24, 2.45) is 0 Å². The average Bonchev–Trinajstić information content (AvgIpc) is 3.23. The van der Waals surface area contributed by atoms with Crippen LogP contribution in [0.4, 0.5) is 0 Å². The summed E-state index contributed by atoms with van der Waals surface area (Å²) in [5.41, 5.74) is 1.93. The maximum absolute atomic E-state index is 11.1. The van der Waals surface area contributed by atoms with Crippen LogP contribution in [0.2, 0.25) is 4.34 Å². The maximum Gasteiger partial charge on any atom is 0.227 e. The summed E-state index contributed by atoms with van der Waals surface area (Å²) in [5.74, 6) is -0.455. The summed E-state index contributed by atoms with van der Waals surface area (Å²) < 4.78 is 7.55. The molecule has 1 aromatic carbocycles. The topological polar surface area (TPSA) is 79.0 Å². The van der Waals surface area contributed by atoms with E-state index >= 15 is 0 Å². The van der Waals surface area contributed by atoms with Crippen molar-refractivity contribution in [3.8, 4) is 22.1 Å². The number of carbonyl (C=O) groups excluding carboxylic acids is 1. The summed E-state index contributed by atoms with van der Waals surface area (Å²) in [6.07, 6.45) is -0.327. The molecular formula is C17H10ClN2O3S2-. The molecule has 126 valence electrons. The molecule has 0 saturated carbocycles. The Hall–Kier alpha value is -2.22. The van der Waals surface area contributed by atoms with Gasteiger partial charge in [0, 0.05) is 18.0 Å². The zero-order valence-electron chi connectivity index (χ0n) is 12.9. The van der Waals surface area contributed by atoms with Gasteiger partial charge in [-0.05, 0) is 37.3 Å². The molecule has 0 unspecified atom stereocenters. The zero-order chi connectivity index (χ0) is 17.6. The minimum Gasteiger partial charge on any atom is -0.550 e. The lowest BCUT2D eigenvalue weighted by Gasteiger charge is -1.99. The number of oxazole rings is 1. The second-order valence-corrected chi connectivity index (χ2v) is 8.31. The number of rotatable bonds is 4. The normalized spacial score (nSPS) is 11.3. The van der Waals surface area contributed by atoms with Gasteiger partial charge in [-0.15, -0.1) is 22.7 Å². The first-order valence-electron chi connectivity index (χ1n) is 7.32. The molecule has 3 aromatic heterocycles. The van der Waals surface area contributed by atoms with Crippen LogP contribution in [-0.2, 0) is 11.2 Å². The van der Waals surface area contributed by atoms with Gasteiger partial charge >= 0.3 is 0 Å². The van der Waals surface area contributed by atoms with Gasteiger partial charge < -0.3 is 14.3 Å². The Balaban J connectivity index is 1.83. The van der Waals surface area contributed by atoms with Crippen LogP contribution < -0.4 is 5.11 Å². The number of aliphatic carboxylic acids is 1. The minimum absolute atomic E-state index is 0.322. The van der Waals surface area contributed by atoms with Gasteiger partial charge in [0.25, 0.3) is 0 Å². The zero-order valence-corrected chi connectivity index (χ0v) is 15.3. The maximum atomic E-state index is 11.1. The Bertz CT molecular complexity index is 1100. The highest BCUT2D eigenvalue weighted by Crippen LogP contribution is 2.37. The molecule has 0 N–H and O–H groups in total. The molecule has 4 rings (SSSR count). The third kappa shape index (κ3) is 3.18. The van der Waals surface area contributed by atoms with Gasteiger partial charge in [-0.1, -0.05) is 11.6 Å². The van der Waals surface area contributed by atoms with Gasteiger partial charge in [-0.2, -0.15) is 0 Å². The molecule has 0 spiro atoms. The van der Waals surface area contributed by atoms with E-state index in [0.29, 0.717) is 21.7 Å². The standard InChI is InChI=1S/C17H11ClN2O3S2/c1-8-19-10-6-9(2-3-12(10)24-8)17-20-11(7-15(21)22)16(23-17)13-4-5-14(18)25-13/h2-6H,7H2,1H3,(H,21,22)/p-1. The Morgan fingerprint density at radius 2 is 2.08 bits per heavy atom. The van der Waals surface area contributed by atoms with Gasteiger partial charge in [-0.3, -0.25) is 0 Å². The SMILES string of the molecule is Cc1nc2cc(-c3nc(CC(=O)[O-])c(-c4ccc(Cl)s4)o3)ccc2s1. The number of nitrogens with zero attached hydrogens (tertiary/aromatic N) is 2. The second-order valence-electron chi connectivity index (χ2n) is 5.36. The molecule has 3 heterocycles. The summed E-state index contributed by atoms with van der Waals surface area (Å²) in [6.45, 7) is 1.95. The van der Waals surface area contributed by atoms with Crippen molar-refractivity contribution < 1.29 is 14.3 Å². The van der Waals surface area contributed by atoms with Crippen molar-refractivity contribution in [3.63, 3.8) is 0 Å². The molecule has 0 radical (unpaired) electrons. The van der Waals surface area contributed by atoms with E-state index in [0.717, 1.165) is 25.7 Å². The van der Waals surface area contributed by atoms with E-state index in [1.165, 1.54) is 11.3 Å².